The van der Waals surface area contributed by atoms with Gasteiger partial charge in [0, 0.05) is 19.0 Å². The first kappa shape index (κ1) is 11.5. The minimum atomic E-state index is 0.181. The smallest absolute Gasteiger partial charge is 0.219 e. The molecule has 0 bridgehead atoms. The third-order valence-corrected chi connectivity index (χ3v) is 3.39. The van der Waals surface area contributed by atoms with E-state index in [1.54, 1.807) is 6.92 Å². The van der Waals surface area contributed by atoms with E-state index >= 15 is 0 Å². The van der Waals surface area contributed by atoms with Crippen LogP contribution in [-0.4, -0.2) is 22.9 Å². The molecule has 0 atom stereocenters. The van der Waals surface area contributed by atoms with Gasteiger partial charge in [-0.25, -0.2) is 0 Å². The molecule has 2 nitrogen and oxygen atoms in total. The van der Waals surface area contributed by atoms with Crippen molar-refractivity contribution in [3.05, 3.63) is 0 Å². The molecule has 1 amide bonds. The zero-order valence-corrected chi connectivity index (χ0v) is 9.97. The lowest BCUT2D eigenvalue weighted by Crippen LogP contribution is -2.53. The average Bonchev–Trinajstić information content (AvgIpc) is 2.00. The van der Waals surface area contributed by atoms with Gasteiger partial charge in [-0.2, -0.15) is 0 Å². The molecule has 2 heteroatoms. The Morgan fingerprint density at radius 2 is 2.00 bits per heavy atom. The zero-order chi connectivity index (χ0) is 10.8. The van der Waals surface area contributed by atoms with Gasteiger partial charge in [0.15, 0.2) is 0 Å². The Kier molecular flexibility index (Phi) is 3.57. The maximum Gasteiger partial charge on any atom is 0.219 e. The van der Waals surface area contributed by atoms with Crippen molar-refractivity contribution in [2.45, 2.75) is 58.9 Å². The van der Waals surface area contributed by atoms with E-state index in [0.29, 0.717) is 5.92 Å². The molecule has 0 radical (unpaired) electrons. The second-order valence-corrected chi connectivity index (χ2v) is 5.20. The molecule has 0 aromatic heterocycles. The molecule has 82 valence electrons. The highest BCUT2D eigenvalue weighted by atomic mass is 16.2. The number of nitrogens with zero attached hydrogens (tertiary/aromatic N) is 1. The molecule has 1 aliphatic rings. The number of hydrogen-bond acceptors (Lipinski definition) is 1. The van der Waals surface area contributed by atoms with Crippen molar-refractivity contribution in [2.24, 2.45) is 5.92 Å². The molecule has 0 N–H and O–H groups in total. The highest BCUT2D eigenvalue weighted by molar-refractivity contribution is 5.74. The van der Waals surface area contributed by atoms with Gasteiger partial charge in [-0.05, 0) is 38.5 Å². The molecule has 1 rings (SSSR count). The summed E-state index contributed by atoms with van der Waals surface area (Å²) in [6, 6.07) is 0. The van der Waals surface area contributed by atoms with Gasteiger partial charge >= 0.3 is 0 Å². The summed E-state index contributed by atoms with van der Waals surface area (Å²) in [7, 11) is 0. The number of hydrogen-bond donors (Lipinski definition) is 0. The molecule has 0 aromatic carbocycles. The van der Waals surface area contributed by atoms with E-state index in [1.807, 2.05) is 0 Å². The minimum Gasteiger partial charge on any atom is -0.338 e. The van der Waals surface area contributed by atoms with Crippen LogP contribution in [0.15, 0.2) is 0 Å². The van der Waals surface area contributed by atoms with Crippen LogP contribution in [-0.2, 0) is 4.79 Å². The fraction of sp³-hybridized carbons (Fsp3) is 0.917. The van der Waals surface area contributed by atoms with Crippen LogP contribution < -0.4 is 0 Å². The minimum absolute atomic E-state index is 0.181. The van der Waals surface area contributed by atoms with Crippen LogP contribution in [0.3, 0.4) is 0 Å². The molecule has 1 aliphatic carbocycles. The van der Waals surface area contributed by atoms with E-state index < -0.39 is 0 Å². The van der Waals surface area contributed by atoms with Crippen LogP contribution in [0.2, 0.25) is 0 Å². The number of amides is 1. The SMILES string of the molecule is CC(=O)N(CCC(C)C)C1(C)CCC1. The molecule has 1 saturated carbocycles. The van der Waals surface area contributed by atoms with Crippen molar-refractivity contribution in [3.8, 4) is 0 Å². The standard InChI is InChI=1S/C12H23NO/c1-10(2)6-9-13(11(3)14)12(4)7-5-8-12/h10H,5-9H2,1-4H3. The predicted molar refractivity (Wildman–Crippen MR) is 59.1 cm³/mol. The Balaban J connectivity index is 2.51. The molecular formula is C12H23NO. The summed E-state index contributed by atoms with van der Waals surface area (Å²) >= 11 is 0. The summed E-state index contributed by atoms with van der Waals surface area (Å²) < 4.78 is 0. The number of carbonyl (C=O) groups excluding carboxylic acids is 1. The van der Waals surface area contributed by atoms with Crippen molar-refractivity contribution >= 4 is 5.91 Å². The number of carbonyl (C=O) groups is 1. The van der Waals surface area contributed by atoms with Gasteiger partial charge in [0.25, 0.3) is 0 Å². The highest BCUT2D eigenvalue weighted by Crippen LogP contribution is 2.37. The van der Waals surface area contributed by atoms with Gasteiger partial charge in [-0.3, -0.25) is 4.79 Å². The fourth-order valence-electron chi connectivity index (χ4n) is 2.15. The normalized spacial score (nSPS) is 19.2. The molecule has 0 saturated heterocycles. The van der Waals surface area contributed by atoms with Gasteiger partial charge in [0.2, 0.25) is 5.91 Å². The molecule has 0 aliphatic heterocycles. The average molecular weight is 197 g/mol. The Labute approximate surface area is 87.7 Å². The zero-order valence-electron chi connectivity index (χ0n) is 9.97. The fourth-order valence-corrected chi connectivity index (χ4v) is 2.15. The molecule has 14 heavy (non-hydrogen) atoms. The van der Waals surface area contributed by atoms with E-state index in [4.69, 9.17) is 0 Å². The molecule has 0 spiro atoms. The topological polar surface area (TPSA) is 20.3 Å². The molecule has 0 unspecified atom stereocenters. The second-order valence-electron chi connectivity index (χ2n) is 5.20. The Morgan fingerprint density at radius 3 is 2.29 bits per heavy atom. The first-order valence-corrected chi connectivity index (χ1v) is 5.74. The van der Waals surface area contributed by atoms with Crippen LogP contribution in [0.4, 0.5) is 0 Å². The maximum absolute atomic E-state index is 11.5. The molecule has 1 fully saturated rings. The van der Waals surface area contributed by atoms with E-state index in [9.17, 15) is 4.79 Å². The summed E-state index contributed by atoms with van der Waals surface area (Å²) in [5.41, 5.74) is 0.181. The monoisotopic (exact) mass is 197 g/mol. The Morgan fingerprint density at radius 1 is 1.43 bits per heavy atom. The highest BCUT2D eigenvalue weighted by Gasteiger charge is 2.38. The summed E-state index contributed by atoms with van der Waals surface area (Å²) in [6.45, 7) is 9.27. The molecule has 0 heterocycles. The van der Waals surface area contributed by atoms with E-state index in [2.05, 4.69) is 25.7 Å². The third-order valence-electron chi connectivity index (χ3n) is 3.39. The lowest BCUT2D eigenvalue weighted by atomic mass is 9.76. The van der Waals surface area contributed by atoms with Crippen molar-refractivity contribution in [2.75, 3.05) is 6.54 Å². The summed E-state index contributed by atoms with van der Waals surface area (Å²) in [5, 5.41) is 0. The second kappa shape index (κ2) is 4.33. The Bertz CT molecular complexity index is 206. The lowest BCUT2D eigenvalue weighted by molar-refractivity contribution is -0.138. The largest absolute Gasteiger partial charge is 0.338 e. The van der Waals surface area contributed by atoms with Crippen LogP contribution in [0.25, 0.3) is 0 Å². The first-order chi connectivity index (χ1) is 6.46. The van der Waals surface area contributed by atoms with Gasteiger partial charge in [0.1, 0.15) is 0 Å². The van der Waals surface area contributed by atoms with Crippen molar-refractivity contribution in [1.82, 2.24) is 4.90 Å². The summed E-state index contributed by atoms with van der Waals surface area (Å²) in [4.78, 5) is 13.6. The van der Waals surface area contributed by atoms with Crippen LogP contribution >= 0.6 is 0 Å². The molecular weight excluding hydrogens is 174 g/mol. The molecule has 0 aromatic rings. The van der Waals surface area contributed by atoms with Gasteiger partial charge in [-0.15, -0.1) is 0 Å². The van der Waals surface area contributed by atoms with Crippen LogP contribution in [0.1, 0.15) is 53.4 Å². The van der Waals surface area contributed by atoms with Gasteiger partial charge in [-0.1, -0.05) is 13.8 Å². The van der Waals surface area contributed by atoms with Crippen molar-refractivity contribution < 1.29 is 4.79 Å². The summed E-state index contributed by atoms with van der Waals surface area (Å²) in [5.74, 6) is 0.924. The maximum atomic E-state index is 11.5. The van der Waals surface area contributed by atoms with E-state index in [0.717, 1.165) is 13.0 Å². The van der Waals surface area contributed by atoms with Crippen molar-refractivity contribution in [1.29, 1.82) is 0 Å². The van der Waals surface area contributed by atoms with Crippen LogP contribution in [0, 0.1) is 5.92 Å². The summed E-state index contributed by atoms with van der Waals surface area (Å²) in [6.07, 6.45) is 4.77. The van der Waals surface area contributed by atoms with Crippen LogP contribution in [0.5, 0.6) is 0 Å². The van der Waals surface area contributed by atoms with Crippen molar-refractivity contribution in [3.63, 3.8) is 0 Å². The van der Waals surface area contributed by atoms with E-state index in [-0.39, 0.29) is 11.4 Å². The third kappa shape index (κ3) is 2.49. The quantitative estimate of drug-likeness (QED) is 0.678. The lowest BCUT2D eigenvalue weighted by Gasteiger charge is -2.48. The predicted octanol–water partition coefficient (Wildman–Crippen LogP) is 2.82. The van der Waals surface area contributed by atoms with Gasteiger partial charge < -0.3 is 4.90 Å². The number of rotatable bonds is 4. The van der Waals surface area contributed by atoms with E-state index in [1.165, 1.54) is 19.3 Å². The Hall–Kier alpha value is -0.530. The first-order valence-electron chi connectivity index (χ1n) is 5.74. The van der Waals surface area contributed by atoms with Gasteiger partial charge in [0.05, 0.1) is 0 Å².